The minimum atomic E-state index is -0.274. The average molecular weight is 249 g/mol. The van der Waals surface area contributed by atoms with Crippen molar-refractivity contribution in [3.63, 3.8) is 0 Å². The maximum atomic E-state index is 11.0. The molecule has 0 aromatic carbocycles. The van der Waals surface area contributed by atoms with E-state index in [0.717, 1.165) is 37.4 Å². The summed E-state index contributed by atoms with van der Waals surface area (Å²) in [5, 5.41) is 3.06. The summed E-state index contributed by atoms with van der Waals surface area (Å²) in [6.07, 6.45) is 5.52. The van der Waals surface area contributed by atoms with Gasteiger partial charge in [0, 0.05) is 31.9 Å². The summed E-state index contributed by atoms with van der Waals surface area (Å²) < 4.78 is 0. The lowest BCUT2D eigenvalue weighted by atomic mass is 9.94. The largest absolute Gasteiger partial charge is 0.372 e. The maximum Gasteiger partial charge on any atom is 0.231 e. The lowest BCUT2D eigenvalue weighted by Gasteiger charge is -2.31. The van der Waals surface area contributed by atoms with Gasteiger partial charge in [0.05, 0.1) is 12.2 Å². The molecule has 0 saturated carbocycles. The Kier molecular flexibility index (Phi) is 4.09. The Labute approximate surface area is 107 Å². The second-order valence-corrected chi connectivity index (χ2v) is 4.58. The fraction of sp³-hybridized carbons (Fsp3) is 0.583. The molecule has 2 heterocycles. The molecule has 1 aromatic rings. The number of amides is 1. The molecule has 1 atom stereocenters. The second-order valence-electron chi connectivity index (χ2n) is 4.58. The highest BCUT2D eigenvalue weighted by molar-refractivity contribution is 5.75. The second kappa shape index (κ2) is 5.77. The third kappa shape index (κ3) is 2.95. The number of hydrogen-bond donors (Lipinski definition) is 2. The third-order valence-electron chi connectivity index (χ3n) is 3.24. The van der Waals surface area contributed by atoms with Gasteiger partial charge in [-0.15, -0.1) is 0 Å². The van der Waals surface area contributed by atoms with Crippen molar-refractivity contribution in [1.29, 1.82) is 0 Å². The summed E-state index contributed by atoms with van der Waals surface area (Å²) in [7, 11) is 1.84. The van der Waals surface area contributed by atoms with E-state index < -0.39 is 0 Å². The van der Waals surface area contributed by atoms with E-state index in [4.69, 9.17) is 5.73 Å². The highest BCUT2D eigenvalue weighted by atomic mass is 16.1. The van der Waals surface area contributed by atoms with Crippen LogP contribution in [0.2, 0.25) is 0 Å². The molecule has 1 aromatic heterocycles. The molecule has 1 aliphatic rings. The van der Waals surface area contributed by atoms with Crippen LogP contribution in [0.15, 0.2) is 12.4 Å². The van der Waals surface area contributed by atoms with Crippen molar-refractivity contribution < 1.29 is 4.79 Å². The van der Waals surface area contributed by atoms with Crippen molar-refractivity contribution >= 4 is 11.7 Å². The SMILES string of the molecule is CNc1nccnc1[C@@H]1CCCN(CC(N)=O)C1. The van der Waals surface area contributed by atoms with Crippen LogP contribution in [-0.2, 0) is 4.79 Å². The van der Waals surface area contributed by atoms with E-state index in [9.17, 15) is 4.79 Å². The summed E-state index contributed by atoms with van der Waals surface area (Å²) in [5.41, 5.74) is 6.22. The molecular formula is C12H19N5O. The van der Waals surface area contributed by atoms with Crippen LogP contribution in [-0.4, -0.2) is 47.5 Å². The van der Waals surface area contributed by atoms with Crippen LogP contribution in [0.1, 0.15) is 24.5 Å². The Morgan fingerprint density at radius 1 is 1.56 bits per heavy atom. The predicted molar refractivity (Wildman–Crippen MR) is 69.2 cm³/mol. The highest BCUT2D eigenvalue weighted by Gasteiger charge is 2.25. The van der Waals surface area contributed by atoms with E-state index in [2.05, 4.69) is 20.2 Å². The number of nitrogens with zero attached hydrogens (tertiary/aromatic N) is 3. The Morgan fingerprint density at radius 3 is 3.06 bits per heavy atom. The van der Waals surface area contributed by atoms with Gasteiger partial charge in [0.2, 0.25) is 5.91 Å². The molecule has 6 nitrogen and oxygen atoms in total. The lowest BCUT2D eigenvalue weighted by Crippen LogP contribution is -2.40. The lowest BCUT2D eigenvalue weighted by molar-refractivity contribution is -0.119. The van der Waals surface area contributed by atoms with Crippen molar-refractivity contribution in [1.82, 2.24) is 14.9 Å². The molecule has 0 spiro atoms. The topological polar surface area (TPSA) is 84.1 Å². The number of piperidine rings is 1. The zero-order valence-electron chi connectivity index (χ0n) is 10.6. The molecule has 98 valence electrons. The van der Waals surface area contributed by atoms with E-state index >= 15 is 0 Å². The van der Waals surface area contributed by atoms with E-state index in [1.807, 2.05) is 7.05 Å². The zero-order valence-corrected chi connectivity index (χ0v) is 10.6. The number of likely N-dealkylation sites (tertiary alicyclic amines) is 1. The number of primary amides is 1. The normalized spacial score (nSPS) is 20.6. The predicted octanol–water partition coefficient (Wildman–Crippen LogP) is 0.183. The minimum Gasteiger partial charge on any atom is -0.372 e. The fourth-order valence-corrected chi connectivity index (χ4v) is 2.48. The van der Waals surface area contributed by atoms with Crippen molar-refractivity contribution in [3.05, 3.63) is 18.1 Å². The van der Waals surface area contributed by atoms with Gasteiger partial charge in [0.25, 0.3) is 0 Å². The molecular weight excluding hydrogens is 230 g/mol. The number of aromatic nitrogens is 2. The molecule has 2 rings (SSSR count). The van der Waals surface area contributed by atoms with Gasteiger partial charge < -0.3 is 11.1 Å². The number of hydrogen-bond acceptors (Lipinski definition) is 5. The maximum absolute atomic E-state index is 11.0. The van der Waals surface area contributed by atoms with Crippen LogP contribution >= 0.6 is 0 Å². The third-order valence-corrected chi connectivity index (χ3v) is 3.24. The number of carbonyl (C=O) groups is 1. The molecule has 6 heteroatoms. The van der Waals surface area contributed by atoms with Crippen molar-refractivity contribution in [2.45, 2.75) is 18.8 Å². The van der Waals surface area contributed by atoms with Crippen molar-refractivity contribution in [2.24, 2.45) is 5.73 Å². The average Bonchev–Trinajstić information content (AvgIpc) is 2.38. The first-order valence-corrected chi connectivity index (χ1v) is 6.20. The molecule has 0 aliphatic carbocycles. The van der Waals surface area contributed by atoms with Gasteiger partial charge in [0.1, 0.15) is 5.82 Å². The number of nitrogens with two attached hydrogens (primary N) is 1. The molecule has 3 N–H and O–H groups in total. The smallest absolute Gasteiger partial charge is 0.231 e. The fourth-order valence-electron chi connectivity index (χ4n) is 2.48. The minimum absolute atomic E-state index is 0.274. The molecule has 1 saturated heterocycles. The number of nitrogens with one attached hydrogen (secondary N) is 1. The summed E-state index contributed by atoms with van der Waals surface area (Å²) in [6.45, 7) is 2.07. The molecule has 1 amide bonds. The Bertz CT molecular complexity index is 423. The molecule has 0 unspecified atom stereocenters. The van der Waals surface area contributed by atoms with E-state index in [1.54, 1.807) is 12.4 Å². The van der Waals surface area contributed by atoms with Crippen LogP contribution in [0, 0.1) is 0 Å². The van der Waals surface area contributed by atoms with Gasteiger partial charge in [-0.2, -0.15) is 0 Å². The van der Waals surface area contributed by atoms with Crippen molar-refractivity contribution in [3.8, 4) is 0 Å². The van der Waals surface area contributed by atoms with Crippen LogP contribution in [0.3, 0.4) is 0 Å². The van der Waals surface area contributed by atoms with Gasteiger partial charge >= 0.3 is 0 Å². The molecule has 1 aliphatic heterocycles. The van der Waals surface area contributed by atoms with Gasteiger partial charge in [-0.1, -0.05) is 0 Å². The number of anilines is 1. The van der Waals surface area contributed by atoms with Gasteiger partial charge in [0.15, 0.2) is 0 Å². The Balaban J connectivity index is 2.10. The van der Waals surface area contributed by atoms with E-state index in [0.29, 0.717) is 12.5 Å². The molecule has 1 fully saturated rings. The number of rotatable bonds is 4. The quantitative estimate of drug-likeness (QED) is 0.795. The Hall–Kier alpha value is -1.69. The number of carbonyl (C=O) groups excluding carboxylic acids is 1. The summed E-state index contributed by atoms with van der Waals surface area (Å²) in [4.78, 5) is 21.8. The molecule has 0 radical (unpaired) electrons. The van der Waals surface area contributed by atoms with Gasteiger partial charge in [-0.05, 0) is 19.4 Å². The zero-order chi connectivity index (χ0) is 13.0. The summed E-state index contributed by atoms with van der Waals surface area (Å²) >= 11 is 0. The van der Waals surface area contributed by atoms with Crippen molar-refractivity contribution in [2.75, 3.05) is 32.0 Å². The highest BCUT2D eigenvalue weighted by Crippen LogP contribution is 2.28. The summed E-state index contributed by atoms with van der Waals surface area (Å²) in [5.74, 6) is 0.862. The van der Waals surface area contributed by atoms with Crippen LogP contribution in [0.25, 0.3) is 0 Å². The molecule has 0 bridgehead atoms. The van der Waals surface area contributed by atoms with Crippen LogP contribution in [0.4, 0.5) is 5.82 Å². The van der Waals surface area contributed by atoms with Crippen LogP contribution in [0.5, 0.6) is 0 Å². The van der Waals surface area contributed by atoms with E-state index in [1.165, 1.54) is 0 Å². The summed E-state index contributed by atoms with van der Waals surface area (Å²) in [6, 6.07) is 0. The monoisotopic (exact) mass is 249 g/mol. The van der Waals surface area contributed by atoms with E-state index in [-0.39, 0.29) is 5.91 Å². The Morgan fingerprint density at radius 2 is 2.33 bits per heavy atom. The first-order chi connectivity index (χ1) is 8.70. The van der Waals surface area contributed by atoms with Gasteiger partial charge in [-0.3, -0.25) is 14.7 Å². The van der Waals surface area contributed by atoms with Gasteiger partial charge in [-0.25, -0.2) is 4.98 Å². The molecule has 18 heavy (non-hydrogen) atoms. The van der Waals surface area contributed by atoms with Crippen LogP contribution < -0.4 is 11.1 Å². The first-order valence-electron chi connectivity index (χ1n) is 6.20. The first kappa shape index (κ1) is 12.8. The standard InChI is InChI=1S/C12H19N5O/c1-14-12-11(15-4-5-16-12)9-3-2-6-17(7-9)8-10(13)18/h4-5,9H,2-3,6-8H2,1H3,(H2,13,18)(H,14,16)/t9-/m1/s1.